The van der Waals surface area contributed by atoms with Crippen molar-refractivity contribution >= 4 is 80.1 Å². The largest absolute Gasteiger partial charge is 0.310 e. The average Bonchev–Trinajstić information content (AvgIpc) is 3.67. The van der Waals surface area contributed by atoms with Crippen molar-refractivity contribution in [2.24, 2.45) is 0 Å². The van der Waals surface area contributed by atoms with Gasteiger partial charge >= 0.3 is 0 Å². The standard InChI is InChI=1S/C42H27NS2/c1-2-11-29(12-3-1)43(31-25-26-36-34-15-6-8-19-39(34)44-41(36)27-31)30-23-21-28(22-24-30)32-13-4-5-14-33(32)37-17-10-18-38-35-16-7-9-20-40(35)45-42(37)38/h1-27H. The van der Waals surface area contributed by atoms with Crippen LogP contribution in [0.25, 0.3) is 62.6 Å². The predicted octanol–water partition coefficient (Wildman–Crippen LogP) is 13.2. The second-order valence-corrected chi connectivity index (χ2v) is 13.5. The maximum atomic E-state index is 2.36. The fourth-order valence-corrected chi connectivity index (χ4v) is 8.97. The minimum Gasteiger partial charge on any atom is -0.310 e. The molecule has 0 aliphatic rings. The Hall–Kier alpha value is -5.22. The highest BCUT2D eigenvalue weighted by molar-refractivity contribution is 7.26. The van der Waals surface area contributed by atoms with E-state index in [1.165, 1.54) is 62.6 Å². The van der Waals surface area contributed by atoms with E-state index < -0.39 is 0 Å². The molecule has 2 aromatic heterocycles. The van der Waals surface area contributed by atoms with E-state index >= 15 is 0 Å². The quantitative estimate of drug-likeness (QED) is 0.188. The Bertz CT molecular complexity index is 2490. The zero-order valence-electron chi connectivity index (χ0n) is 24.4. The molecular formula is C42H27NS2. The van der Waals surface area contributed by atoms with E-state index in [2.05, 4.69) is 169 Å². The molecule has 1 nitrogen and oxygen atoms in total. The molecule has 9 rings (SSSR count). The van der Waals surface area contributed by atoms with Crippen LogP contribution in [-0.2, 0) is 0 Å². The molecule has 0 spiro atoms. The third-order valence-electron chi connectivity index (χ3n) is 8.69. The van der Waals surface area contributed by atoms with E-state index in [1.807, 2.05) is 22.7 Å². The smallest absolute Gasteiger partial charge is 0.0476 e. The summed E-state index contributed by atoms with van der Waals surface area (Å²) in [5.41, 5.74) is 8.43. The maximum absolute atomic E-state index is 2.36. The van der Waals surface area contributed by atoms with E-state index in [0.717, 1.165) is 17.1 Å². The van der Waals surface area contributed by atoms with E-state index in [9.17, 15) is 0 Å². The lowest BCUT2D eigenvalue weighted by Gasteiger charge is -2.26. The van der Waals surface area contributed by atoms with Crippen LogP contribution < -0.4 is 4.90 Å². The van der Waals surface area contributed by atoms with Gasteiger partial charge in [0.2, 0.25) is 0 Å². The first-order chi connectivity index (χ1) is 22.3. The van der Waals surface area contributed by atoms with Crippen molar-refractivity contribution in [2.75, 3.05) is 4.90 Å². The number of anilines is 3. The number of benzene rings is 7. The summed E-state index contributed by atoms with van der Waals surface area (Å²) in [7, 11) is 0. The SMILES string of the molecule is c1ccc(N(c2ccc(-c3ccccc3-c3cccc4c3sc3ccccc34)cc2)c2ccc3c(c2)sc2ccccc23)cc1. The van der Waals surface area contributed by atoms with Crippen LogP contribution in [0.15, 0.2) is 164 Å². The monoisotopic (exact) mass is 609 g/mol. The molecule has 212 valence electrons. The number of fused-ring (bicyclic) bond motifs is 6. The van der Waals surface area contributed by atoms with Gasteiger partial charge in [-0.1, -0.05) is 115 Å². The van der Waals surface area contributed by atoms with Crippen molar-refractivity contribution < 1.29 is 0 Å². The number of para-hydroxylation sites is 1. The second kappa shape index (κ2) is 10.7. The van der Waals surface area contributed by atoms with E-state index in [4.69, 9.17) is 0 Å². The van der Waals surface area contributed by atoms with Gasteiger partial charge in [-0.15, -0.1) is 22.7 Å². The van der Waals surface area contributed by atoms with Crippen LogP contribution in [0.5, 0.6) is 0 Å². The first-order valence-electron chi connectivity index (χ1n) is 15.2. The van der Waals surface area contributed by atoms with Crippen molar-refractivity contribution in [3.05, 3.63) is 164 Å². The topological polar surface area (TPSA) is 3.24 Å². The molecule has 0 unspecified atom stereocenters. The lowest BCUT2D eigenvalue weighted by molar-refractivity contribution is 1.29. The van der Waals surface area contributed by atoms with E-state index in [1.54, 1.807) is 0 Å². The van der Waals surface area contributed by atoms with Gasteiger partial charge in [-0.25, -0.2) is 0 Å². The van der Waals surface area contributed by atoms with Gasteiger partial charge in [-0.3, -0.25) is 0 Å². The van der Waals surface area contributed by atoms with Crippen LogP contribution in [0.1, 0.15) is 0 Å². The van der Waals surface area contributed by atoms with Gasteiger partial charge in [0.15, 0.2) is 0 Å². The minimum atomic E-state index is 1.13. The summed E-state index contributed by atoms with van der Waals surface area (Å²) in [6.07, 6.45) is 0. The fourth-order valence-electron chi connectivity index (χ4n) is 6.60. The number of hydrogen-bond donors (Lipinski definition) is 0. The van der Waals surface area contributed by atoms with Crippen molar-refractivity contribution in [1.82, 2.24) is 0 Å². The van der Waals surface area contributed by atoms with Crippen LogP contribution >= 0.6 is 22.7 Å². The molecule has 0 N–H and O–H groups in total. The first kappa shape index (κ1) is 26.2. The molecule has 0 saturated carbocycles. The highest BCUT2D eigenvalue weighted by Gasteiger charge is 2.17. The summed E-state index contributed by atoms with van der Waals surface area (Å²) in [5, 5.41) is 5.29. The Balaban J connectivity index is 1.15. The fraction of sp³-hybridized carbons (Fsp3) is 0. The minimum absolute atomic E-state index is 1.13. The normalized spacial score (nSPS) is 11.6. The Morgan fingerprint density at radius 2 is 0.889 bits per heavy atom. The molecule has 9 aromatic rings. The molecule has 0 saturated heterocycles. The van der Waals surface area contributed by atoms with Gasteiger partial charge < -0.3 is 4.90 Å². The Morgan fingerprint density at radius 1 is 0.333 bits per heavy atom. The maximum Gasteiger partial charge on any atom is 0.0476 e. The van der Waals surface area contributed by atoms with Crippen LogP contribution in [0.3, 0.4) is 0 Å². The number of nitrogens with zero attached hydrogens (tertiary/aromatic N) is 1. The summed E-state index contributed by atoms with van der Waals surface area (Å²) < 4.78 is 5.30. The van der Waals surface area contributed by atoms with Crippen LogP contribution in [0.4, 0.5) is 17.1 Å². The van der Waals surface area contributed by atoms with Crippen molar-refractivity contribution in [3.8, 4) is 22.3 Å². The van der Waals surface area contributed by atoms with Gasteiger partial charge in [0.25, 0.3) is 0 Å². The molecule has 0 radical (unpaired) electrons. The van der Waals surface area contributed by atoms with Crippen LogP contribution in [0, 0.1) is 0 Å². The molecule has 0 aliphatic carbocycles. The van der Waals surface area contributed by atoms with Gasteiger partial charge in [0.05, 0.1) is 0 Å². The van der Waals surface area contributed by atoms with Gasteiger partial charge in [0.1, 0.15) is 0 Å². The number of thiophene rings is 2. The summed E-state index contributed by atoms with van der Waals surface area (Å²) in [6, 6.07) is 59.5. The molecule has 0 fully saturated rings. The van der Waals surface area contributed by atoms with Crippen molar-refractivity contribution in [3.63, 3.8) is 0 Å². The molecule has 45 heavy (non-hydrogen) atoms. The molecular weight excluding hydrogens is 583 g/mol. The molecule has 2 heterocycles. The molecule has 0 atom stereocenters. The van der Waals surface area contributed by atoms with Crippen molar-refractivity contribution in [2.45, 2.75) is 0 Å². The Kier molecular flexibility index (Phi) is 6.26. The summed E-state index contributed by atoms with van der Waals surface area (Å²) >= 11 is 3.74. The van der Waals surface area contributed by atoms with Gasteiger partial charge in [-0.2, -0.15) is 0 Å². The molecule has 0 bridgehead atoms. The predicted molar refractivity (Wildman–Crippen MR) is 198 cm³/mol. The molecule has 0 amide bonds. The third-order valence-corrected chi connectivity index (χ3v) is 11.0. The average molecular weight is 610 g/mol. The summed E-state index contributed by atoms with van der Waals surface area (Å²) in [6.45, 7) is 0. The first-order valence-corrected chi connectivity index (χ1v) is 16.8. The van der Waals surface area contributed by atoms with E-state index in [0.29, 0.717) is 0 Å². The van der Waals surface area contributed by atoms with Crippen LogP contribution in [-0.4, -0.2) is 0 Å². The van der Waals surface area contributed by atoms with Crippen LogP contribution in [0.2, 0.25) is 0 Å². The summed E-state index contributed by atoms with van der Waals surface area (Å²) in [4.78, 5) is 2.36. The van der Waals surface area contributed by atoms with Crippen molar-refractivity contribution in [1.29, 1.82) is 0 Å². The highest BCUT2D eigenvalue weighted by atomic mass is 32.1. The highest BCUT2D eigenvalue weighted by Crippen LogP contribution is 2.44. The van der Waals surface area contributed by atoms with E-state index in [-0.39, 0.29) is 0 Å². The lowest BCUT2D eigenvalue weighted by atomic mass is 9.93. The zero-order valence-corrected chi connectivity index (χ0v) is 26.0. The summed E-state index contributed by atoms with van der Waals surface area (Å²) in [5.74, 6) is 0. The lowest BCUT2D eigenvalue weighted by Crippen LogP contribution is -2.09. The number of rotatable bonds is 5. The molecule has 3 heteroatoms. The van der Waals surface area contributed by atoms with Gasteiger partial charge in [0, 0.05) is 63.0 Å². The zero-order chi connectivity index (χ0) is 29.7. The molecule has 0 aliphatic heterocycles. The number of hydrogen-bond acceptors (Lipinski definition) is 3. The van der Waals surface area contributed by atoms with Gasteiger partial charge in [-0.05, 0) is 65.2 Å². The third kappa shape index (κ3) is 4.43. The Labute approximate surface area is 269 Å². The second-order valence-electron chi connectivity index (χ2n) is 11.3. The Morgan fingerprint density at radius 3 is 1.69 bits per heavy atom. The molecule has 7 aromatic carbocycles.